The fourth-order valence-electron chi connectivity index (χ4n) is 2.93. The highest BCUT2D eigenvalue weighted by atomic mass is 16.5. The lowest BCUT2D eigenvalue weighted by Crippen LogP contribution is -2.39. The molecule has 3 rings (SSSR count). The minimum atomic E-state index is -0.208. The number of rotatable bonds is 8. The molecule has 1 fully saturated rings. The van der Waals surface area contributed by atoms with Gasteiger partial charge >= 0.3 is 0 Å². The molecular formula is C20H26N4O3. The summed E-state index contributed by atoms with van der Waals surface area (Å²) in [6.45, 7) is 5.76. The Labute approximate surface area is 159 Å². The van der Waals surface area contributed by atoms with E-state index in [4.69, 9.17) is 9.47 Å². The van der Waals surface area contributed by atoms with Crippen molar-refractivity contribution in [3.05, 3.63) is 53.9 Å². The fourth-order valence-corrected chi connectivity index (χ4v) is 2.93. The van der Waals surface area contributed by atoms with Crippen LogP contribution in [0.5, 0.6) is 5.75 Å². The summed E-state index contributed by atoms with van der Waals surface area (Å²) in [5.74, 6) is 0.548. The van der Waals surface area contributed by atoms with Crippen molar-refractivity contribution in [2.24, 2.45) is 0 Å². The van der Waals surface area contributed by atoms with Gasteiger partial charge in [0.15, 0.2) is 0 Å². The number of morpholine rings is 1. The smallest absolute Gasteiger partial charge is 0.270 e. The Kier molecular flexibility index (Phi) is 7.01. The van der Waals surface area contributed by atoms with E-state index in [9.17, 15) is 4.79 Å². The lowest BCUT2D eigenvalue weighted by molar-refractivity contribution is 0.0398. The van der Waals surface area contributed by atoms with E-state index in [1.807, 2.05) is 30.3 Å². The topological polar surface area (TPSA) is 75.7 Å². The molecule has 2 N–H and O–H groups in total. The van der Waals surface area contributed by atoms with Crippen molar-refractivity contribution in [2.75, 3.05) is 51.8 Å². The first-order valence-corrected chi connectivity index (χ1v) is 9.16. The lowest BCUT2D eigenvalue weighted by atomic mass is 10.2. The molecule has 7 nitrogen and oxygen atoms in total. The predicted molar refractivity (Wildman–Crippen MR) is 104 cm³/mol. The van der Waals surface area contributed by atoms with Gasteiger partial charge in [-0.05, 0) is 18.2 Å². The van der Waals surface area contributed by atoms with Crippen LogP contribution in [0.1, 0.15) is 16.1 Å². The van der Waals surface area contributed by atoms with Crippen LogP contribution in [0, 0.1) is 0 Å². The predicted octanol–water partition coefficient (Wildman–Crippen LogP) is 1.76. The average Bonchev–Trinajstić information content (AvgIpc) is 2.73. The first-order chi connectivity index (χ1) is 13.3. The molecule has 1 aromatic heterocycles. The van der Waals surface area contributed by atoms with Gasteiger partial charge in [0.05, 0.1) is 32.2 Å². The van der Waals surface area contributed by atoms with Gasteiger partial charge in [-0.1, -0.05) is 18.2 Å². The van der Waals surface area contributed by atoms with Gasteiger partial charge in [0.1, 0.15) is 11.4 Å². The number of para-hydroxylation sites is 1. The molecule has 0 bridgehead atoms. The van der Waals surface area contributed by atoms with Gasteiger partial charge in [-0.25, -0.2) is 4.98 Å². The van der Waals surface area contributed by atoms with E-state index in [-0.39, 0.29) is 5.91 Å². The van der Waals surface area contributed by atoms with Gasteiger partial charge in [0.25, 0.3) is 5.91 Å². The van der Waals surface area contributed by atoms with Crippen molar-refractivity contribution in [1.82, 2.24) is 15.2 Å². The zero-order valence-corrected chi connectivity index (χ0v) is 15.6. The number of carbonyl (C=O) groups is 1. The number of pyridine rings is 1. The van der Waals surface area contributed by atoms with Crippen LogP contribution in [0.3, 0.4) is 0 Å². The largest absolute Gasteiger partial charge is 0.496 e. The van der Waals surface area contributed by atoms with Gasteiger partial charge in [0, 0.05) is 38.3 Å². The summed E-state index contributed by atoms with van der Waals surface area (Å²) in [5.41, 5.74) is 2.22. The summed E-state index contributed by atoms with van der Waals surface area (Å²) in [6, 6.07) is 11.2. The number of carbonyl (C=O) groups excluding carboxylic acids is 1. The molecule has 1 saturated heterocycles. The highest BCUT2D eigenvalue weighted by Crippen LogP contribution is 2.16. The Balaban J connectivity index is 1.45. The van der Waals surface area contributed by atoms with E-state index in [1.165, 1.54) is 0 Å². The van der Waals surface area contributed by atoms with Gasteiger partial charge in [-0.2, -0.15) is 0 Å². The normalized spacial score (nSPS) is 14.6. The minimum Gasteiger partial charge on any atom is -0.496 e. The van der Waals surface area contributed by atoms with Gasteiger partial charge in [-0.3, -0.25) is 9.69 Å². The van der Waals surface area contributed by atoms with E-state index >= 15 is 0 Å². The summed E-state index contributed by atoms with van der Waals surface area (Å²) >= 11 is 0. The van der Waals surface area contributed by atoms with Crippen LogP contribution >= 0.6 is 0 Å². The quantitative estimate of drug-likeness (QED) is 0.738. The van der Waals surface area contributed by atoms with Crippen molar-refractivity contribution < 1.29 is 14.3 Å². The number of ether oxygens (including phenoxy) is 2. The molecule has 0 spiro atoms. The maximum absolute atomic E-state index is 12.3. The molecule has 1 amide bonds. The Hall–Kier alpha value is -2.64. The minimum absolute atomic E-state index is 0.208. The third-order valence-corrected chi connectivity index (χ3v) is 4.49. The SMILES string of the molecule is COc1ccccc1CNC(=O)c1ccc(NCCN2CCOCC2)cn1. The van der Waals surface area contributed by atoms with Crippen molar-refractivity contribution in [3.63, 3.8) is 0 Å². The van der Waals surface area contributed by atoms with Crippen molar-refractivity contribution >= 4 is 11.6 Å². The highest BCUT2D eigenvalue weighted by Gasteiger charge is 2.10. The Bertz CT molecular complexity index is 730. The fraction of sp³-hybridized carbons (Fsp3) is 0.400. The van der Waals surface area contributed by atoms with Crippen molar-refractivity contribution in [1.29, 1.82) is 0 Å². The number of hydrogen-bond donors (Lipinski definition) is 2. The monoisotopic (exact) mass is 370 g/mol. The summed E-state index contributed by atoms with van der Waals surface area (Å²) in [7, 11) is 1.62. The van der Waals surface area contributed by atoms with E-state index < -0.39 is 0 Å². The standard InChI is InChI=1S/C20H26N4O3/c1-26-19-5-3-2-4-16(19)14-23-20(25)18-7-6-17(15-22-18)21-8-9-24-10-12-27-13-11-24/h2-7,15,21H,8-14H2,1H3,(H,23,25). The molecule has 144 valence electrons. The van der Waals surface area contributed by atoms with Crippen molar-refractivity contribution in [2.45, 2.75) is 6.54 Å². The maximum atomic E-state index is 12.3. The number of methoxy groups -OCH3 is 1. The Morgan fingerprint density at radius 1 is 1.22 bits per heavy atom. The number of hydrogen-bond acceptors (Lipinski definition) is 6. The van der Waals surface area contributed by atoms with Crippen LogP contribution in [0.2, 0.25) is 0 Å². The Morgan fingerprint density at radius 2 is 2.04 bits per heavy atom. The lowest BCUT2D eigenvalue weighted by Gasteiger charge is -2.26. The van der Waals surface area contributed by atoms with Gasteiger partial charge in [0.2, 0.25) is 0 Å². The Morgan fingerprint density at radius 3 is 2.78 bits per heavy atom. The van der Waals surface area contributed by atoms with Crippen LogP contribution in [0.25, 0.3) is 0 Å². The third-order valence-electron chi connectivity index (χ3n) is 4.49. The number of aromatic nitrogens is 1. The molecule has 1 aliphatic rings. The van der Waals surface area contributed by atoms with Crippen LogP contribution < -0.4 is 15.4 Å². The second kappa shape index (κ2) is 9.89. The number of benzene rings is 1. The summed E-state index contributed by atoms with van der Waals surface area (Å²) in [6.07, 6.45) is 1.69. The molecule has 0 atom stereocenters. The number of amides is 1. The number of anilines is 1. The van der Waals surface area contributed by atoms with Gasteiger partial charge < -0.3 is 20.1 Å². The maximum Gasteiger partial charge on any atom is 0.270 e. The average molecular weight is 370 g/mol. The summed E-state index contributed by atoms with van der Waals surface area (Å²) in [5, 5.41) is 6.21. The first-order valence-electron chi connectivity index (χ1n) is 9.16. The molecule has 7 heteroatoms. The number of nitrogens with zero attached hydrogens (tertiary/aromatic N) is 2. The summed E-state index contributed by atoms with van der Waals surface area (Å²) < 4.78 is 10.6. The van der Waals surface area contributed by atoms with E-state index in [0.29, 0.717) is 12.2 Å². The van der Waals surface area contributed by atoms with Crippen LogP contribution in [-0.4, -0.2) is 62.3 Å². The second-order valence-electron chi connectivity index (χ2n) is 6.31. The van der Waals surface area contributed by atoms with E-state index in [2.05, 4.69) is 20.5 Å². The highest BCUT2D eigenvalue weighted by molar-refractivity contribution is 5.92. The molecule has 0 radical (unpaired) electrons. The molecule has 2 aromatic rings. The zero-order valence-electron chi connectivity index (χ0n) is 15.6. The molecule has 1 aromatic carbocycles. The van der Waals surface area contributed by atoms with Crippen LogP contribution in [0.15, 0.2) is 42.6 Å². The third kappa shape index (κ3) is 5.67. The zero-order chi connectivity index (χ0) is 18.9. The van der Waals surface area contributed by atoms with E-state index in [0.717, 1.165) is 56.4 Å². The molecule has 0 unspecified atom stereocenters. The molecule has 2 heterocycles. The summed E-state index contributed by atoms with van der Waals surface area (Å²) in [4.78, 5) is 18.9. The van der Waals surface area contributed by atoms with Crippen molar-refractivity contribution in [3.8, 4) is 5.75 Å². The van der Waals surface area contributed by atoms with Crippen LogP contribution in [-0.2, 0) is 11.3 Å². The second-order valence-corrected chi connectivity index (χ2v) is 6.31. The molecular weight excluding hydrogens is 344 g/mol. The van der Waals surface area contributed by atoms with Gasteiger partial charge in [-0.15, -0.1) is 0 Å². The van der Waals surface area contributed by atoms with Crippen LogP contribution in [0.4, 0.5) is 5.69 Å². The van der Waals surface area contributed by atoms with E-state index in [1.54, 1.807) is 19.4 Å². The molecule has 0 saturated carbocycles. The number of nitrogens with one attached hydrogen (secondary N) is 2. The first kappa shape index (κ1) is 19.1. The molecule has 27 heavy (non-hydrogen) atoms. The molecule has 0 aliphatic carbocycles. The molecule has 1 aliphatic heterocycles.